The van der Waals surface area contributed by atoms with Crippen LogP contribution in [0.15, 0.2) is 36.5 Å². The molecule has 12 heteroatoms. The number of nitrogens with two attached hydrogens (primary N) is 1. The van der Waals surface area contributed by atoms with Gasteiger partial charge in [0.05, 0.1) is 13.2 Å². The zero-order valence-corrected chi connectivity index (χ0v) is 38.2. The maximum absolute atomic E-state index is 12.6. The van der Waals surface area contributed by atoms with E-state index in [0.717, 1.165) is 64.2 Å². The van der Waals surface area contributed by atoms with E-state index in [2.05, 4.69) is 54.8 Å². The van der Waals surface area contributed by atoms with Gasteiger partial charge in [0, 0.05) is 12.8 Å². The maximum atomic E-state index is 12.6. The number of unbranched alkanes of at least 4 members (excludes halogenated alkanes) is 24. The first-order chi connectivity index (χ1) is 28.6. The Hall–Kier alpha value is -2.30. The number of phosphoric acid groups is 1. The van der Waals surface area contributed by atoms with Gasteiger partial charge in [0.25, 0.3) is 0 Å². The van der Waals surface area contributed by atoms with Crippen LogP contribution in [0.1, 0.15) is 213 Å². The Morgan fingerprint density at radius 1 is 0.525 bits per heavy atom. The Morgan fingerprint density at radius 3 is 1.37 bits per heavy atom. The lowest BCUT2D eigenvalue weighted by Crippen LogP contribution is -2.34. The van der Waals surface area contributed by atoms with Crippen LogP contribution >= 0.6 is 7.82 Å². The number of aliphatic carboxylic acids is 1. The van der Waals surface area contributed by atoms with Crippen molar-refractivity contribution in [2.45, 2.75) is 225 Å². The summed E-state index contributed by atoms with van der Waals surface area (Å²) < 4.78 is 32.8. The lowest BCUT2D eigenvalue weighted by atomic mass is 10.1. The number of carbonyl (C=O) groups excluding carboxylic acids is 2. The second kappa shape index (κ2) is 42.4. The van der Waals surface area contributed by atoms with Crippen LogP contribution < -0.4 is 5.73 Å². The van der Waals surface area contributed by atoms with Crippen LogP contribution in [0.3, 0.4) is 0 Å². The molecule has 0 heterocycles. The predicted octanol–water partition coefficient (Wildman–Crippen LogP) is 12.8. The van der Waals surface area contributed by atoms with Gasteiger partial charge in [-0.25, -0.2) is 4.57 Å². The number of phosphoric ester groups is 1. The van der Waals surface area contributed by atoms with Crippen molar-refractivity contribution in [2.24, 2.45) is 5.73 Å². The highest BCUT2D eigenvalue weighted by Gasteiger charge is 2.28. The van der Waals surface area contributed by atoms with Gasteiger partial charge in [-0.3, -0.25) is 23.4 Å². The van der Waals surface area contributed by atoms with Crippen LogP contribution in [-0.2, 0) is 37.5 Å². The van der Waals surface area contributed by atoms with Crippen molar-refractivity contribution in [3.63, 3.8) is 0 Å². The molecule has 3 atom stereocenters. The summed E-state index contributed by atoms with van der Waals surface area (Å²) >= 11 is 0. The highest BCUT2D eigenvalue weighted by atomic mass is 31.2. The Bertz CT molecular complexity index is 1140. The first-order valence-corrected chi connectivity index (χ1v) is 25.0. The van der Waals surface area contributed by atoms with Gasteiger partial charge in [-0.15, -0.1) is 0 Å². The molecule has 0 aliphatic carbocycles. The Morgan fingerprint density at radius 2 is 0.898 bits per heavy atom. The highest BCUT2D eigenvalue weighted by molar-refractivity contribution is 7.47. The molecule has 3 unspecified atom stereocenters. The van der Waals surface area contributed by atoms with Gasteiger partial charge in [0.2, 0.25) is 0 Å². The molecule has 0 spiro atoms. The summed E-state index contributed by atoms with van der Waals surface area (Å²) in [5, 5.41) is 8.90. The molecular formula is C47H86NO10P. The molecule has 0 amide bonds. The minimum absolute atomic E-state index is 0.152. The molecule has 0 radical (unpaired) electrons. The lowest BCUT2D eigenvalue weighted by Gasteiger charge is -2.20. The number of hydrogen-bond acceptors (Lipinski definition) is 9. The van der Waals surface area contributed by atoms with Gasteiger partial charge in [-0.05, 0) is 70.6 Å². The summed E-state index contributed by atoms with van der Waals surface area (Å²) in [5.41, 5.74) is 5.34. The van der Waals surface area contributed by atoms with E-state index in [9.17, 15) is 23.8 Å². The third-order valence-electron chi connectivity index (χ3n) is 10.1. The van der Waals surface area contributed by atoms with Crippen molar-refractivity contribution in [1.29, 1.82) is 0 Å². The van der Waals surface area contributed by atoms with Gasteiger partial charge in [0.15, 0.2) is 6.10 Å². The largest absolute Gasteiger partial charge is 0.480 e. The monoisotopic (exact) mass is 856 g/mol. The topological polar surface area (TPSA) is 172 Å². The van der Waals surface area contributed by atoms with Crippen LogP contribution in [0, 0.1) is 0 Å². The molecule has 0 fully saturated rings. The zero-order valence-electron chi connectivity index (χ0n) is 37.3. The summed E-state index contributed by atoms with van der Waals surface area (Å²) in [7, 11) is -4.72. The second-order valence-corrected chi connectivity index (χ2v) is 17.3. The smallest absolute Gasteiger partial charge is 0.472 e. The average Bonchev–Trinajstić information content (AvgIpc) is 3.21. The number of carboxylic acids is 1. The fourth-order valence-corrected chi connectivity index (χ4v) is 7.16. The summed E-state index contributed by atoms with van der Waals surface area (Å²) in [5.74, 6) is -2.39. The molecule has 4 N–H and O–H groups in total. The normalized spacial score (nSPS) is 14.0. The number of esters is 2. The van der Waals surface area contributed by atoms with Crippen molar-refractivity contribution in [3.05, 3.63) is 36.5 Å². The molecular weight excluding hydrogens is 769 g/mol. The van der Waals surface area contributed by atoms with Crippen molar-refractivity contribution in [3.8, 4) is 0 Å². The molecule has 0 aromatic rings. The summed E-state index contributed by atoms with van der Waals surface area (Å²) in [6.45, 7) is 2.78. The minimum atomic E-state index is -4.72. The molecule has 0 aliphatic rings. The maximum Gasteiger partial charge on any atom is 0.472 e. The number of ether oxygens (including phenoxy) is 2. The zero-order chi connectivity index (χ0) is 43.5. The van der Waals surface area contributed by atoms with Crippen molar-refractivity contribution < 1.29 is 47.5 Å². The first kappa shape index (κ1) is 56.7. The molecule has 0 aromatic carbocycles. The van der Waals surface area contributed by atoms with Crippen LogP contribution in [0.2, 0.25) is 0 Å². The first-order valence-electron chi connectivity index (χ1n) is 23.5. The SMILES string of the molecule is CCCCC/C=C\C/C=C\CCCCCCCCCC(=O)OC(COC(=O)CCCCCCCCC/C=C\CCCCCCCCC)COP(=O)(O)OCC(N)C(=O)O. The van der Waals surface area contributed by atoms with E-state index in [1.807, 2.05) is 0 Å². The van der Waals surface area contributed by atoms with Gasteiger partial charge < -0.3 is 25.2 Å². The molecule has 344 valence electrons. The van der Waals surface area contributed by atoms with Crippen molar-refractivity contribution >= 4 is 25.7 Å². The van der Waals surface area contributed by atoms with Gasteiger partial charge in [-0.2, -0.15) is 0 Å². The lowest BCUT2D eigenvalue weighted by molar-refractivity contribution is -0.161. The van der Waals surface area contributed by atoms with Crippen LogP contribution in [0.5, 0.6) is 0 Å². The molecule has 0 aliphatic heterocycles. The fraction of sp³-hybridized carbons (Fsp3) is 0.809. The van der Waals surface area contributed by atoms with Crippen LogP contribution in [0.4, 0.5) is 0 Å². The number of carbonyl (C=O) groups is 3. The Balaban J connectivity index is 4.32. The van der Waals surface area contributed by atoms with E-state index in [1.165, 1.54) is 109 Å². The molecule has 0 aromatic heterocycles. The minimum Gasteiger partial charge on any atom is -0.480 e. The number of carboxylic acid groups (broad SMARTS) is 1. The molecule has 0 saturated heterocycles. The summed E-state index contributed by atoms with van der Waals surface area (Å²) in [4.78, 5) is 46.1. The third kappa shape index (κ3) is 42.2. The summed E-state index contributed by atoms with van der Waals surface area (Å²) in [6.07, 6.45) is 46.3. The Kier molecular flexibility index (Phi) is 40.7. The van der Waals surface area contributed by atoms with Gasteiger partial charge >= 0.3 is 25.7 Å². The van der Waals surface area contributed by atoms with Crippen molar-refractivity contribution in [2.75, 3.05) is 19.8 Å². The van der Waals surface area contributed by atoms with E-state index >= 15 is 0 Å². The van der Waals surface area contributed by atoms with Crippen LogP contribution in [0.25, 0.3) is 0 Å². The van der Waals surface area contributed by atoms with E-state index in [4.69, 9.17) is 24.8 Å². The molecule has 0 saturated carbocycles. The number of rotatable bonds is 44. The number of allylic oxidation sites excluding steroid dienone is 6. The third-order valence-corrected chi connectivity index (χ3v) is 11.1. The number of hydrogen-bond donors (Lipinski definition) is 3. The Labute approximate surface area is 359 Å². The standard InChI is InChI=1S/C47H86NO10P/c1-3-5-7-9-11-13-15-17-19-21-23-24-26-28-30-32-34-36-38-45(49)55-40-43(41-56-59(53,54)57-42-44(48)47(51)52)58-46(50)39-37-35-33-31-29-27-25-22-20-18-16-14-12-10-8-6-4-2/h12,14,18-21,43-44H,3-11,13,15-17,22-42,48H2,1-2H3,(H,51,52)(H,53,54)/b14-12-,20-18-,21-19-. The second-order valence-electron chi connectivity index (χ2n) is 15.9. The molecule has 0 rings (SSSR count). The van der Waals surface area contributed by atoms with Crippen LogP contribution in [-0.4, -0.2) is 59.9 Å². The van der Waals surface area contributed by atoms with Gasteiger partial charge in [0.1, 0.15) is 12.6 Å². The van der Waals surface area contributed by atoms with E-state index in [1.54, 1.807) is 0 Å². The quantitative estimate of drug-likeness (QED) is 0.0230. The van der Waals surface area contributed by atoms with E-state index < -0.39 is 51.1 Å². The molecule has 0 bridgehead atoms. The van der Waals surface area contributed by atoms with E-state index in [-0.39, 0.29) is 19.4 Å². The fourth-order valence-electron chi connectivity index (χ4n) is 6.38. The van der Waals surface area contributed by atoms with E-state index in [0.29, 0.717) is 12.8 Å². The average molecular weight is 856 g/mol. The summed E-state index contributed by atoms with van der Waals surface area (Å²) in [6, 6.07) is -1.52. The highest BCUT2D eigenvalue weighted by Crippen LogP contribution is 2.43. The molecule has 11 nitrogen and oxygen atoms in total. The van der Waals surface area contributed by atoms with Gasteiger partial charge in [-0.1, -0.05) is 166 Å². The van der Waals surface area contributed by atoms with Crippen molar-refractivity contribution in [1.82, 2.24) is 0 Å². The predicted molar refractivity (Wildman–Crippen MR) is 240 cm³/mol. The molecule has 59 heavy (non-hydrogen) atoms.